The van der Waals surface area contributed by atoms with Crippen LogP contribution in [0.1, 0.15) is 11.3 Å². The molecule has 0 unspecified atom stereocenters. The molecule has 0 aliphatic carbocycles. The van der Waals surface area contributed by atoms with E-state index in [1.54, 1.807) is 0 Å². The number of halogens is 8. The van der Waals surface area contributed by atoms with Crippen LogP contribution in [0.15, 0.2) is 39.8 Å². The van der Waals surface area contributed by atoms with Crippen LogP contribution in [0, 0.1) is 18.6 Å². The van der Waals surface area contributed by atoms with Crippen LogP contribution in [0.3, 0.4) is 0 Å². The van der Waals surface area contributed by atoms with Crippen molar-refractivity contribution in [2.24, 2.45) is 5.14 Å². The molecule has 0 radical (unpaired) electrons. The largest absolute Gasteiger partial charge is 0.573 e. The van der Waals surface area contributed by atoms with Crippen LogP contribution in [0.5, 0.6) is 5.75 Å². The van der Waals surface area contributed by atoms with Crippen molar-refractivity contribution in [1.82, 2.24) is 5.16 Å². The van der Waals surface area contributed by atoms with Gasteiger partial charge in [0, 0.05) is 11.1 Å². The number of nitrogens with zero attached hydrogens (tertiary/aromatic N) is 1. The fourth-order valence-electron chi connectivity index (χ4n) is 2.95. The third kappa shape index (κ3) is 5.08. The Morgan fingerprint density at radius 2 is 1.61 bits per heavy atom. The molecule has 0 amide bonds. The van der Waals surface area contributed by atoms with Gasteiger partial charge in [-0.25, -0.2) is 22.3 Å². The highest BCUT2D eigenvalue weighted by Gasteiger charge is 2.42. The highest BCUT2D eigenvalue weighted by Crippen LogP contribution is 2.45. The van der Waals surface area contributed by atoms with Gasteiger partial charge in [-0.05, 0) is 42.8 Å². The third-order valence-corrected chi connectivity index (χ3v) is 5.16. The van der Waals surface area contributed by atoms with Crippen molar-refractivity contribution >= 4 is 10.0 Å². The zero-order valence-electron chi connectivity index (χ0n) is 16.0. The van der Waals surface area contributed by atoms with Crippen LogP contribution in [0.2, 0.25) is 0 Å². The van der Waals surface area contributed by atoms with E-state index in [9.17, 15) is 43.5 Å². The molecule has 6 nitrogen and oxygen atoms in total. The predicted octanol–water partition coefficient (Wildman–Crippen LogP) is 5.16. The van der Waals surface area contributed by atoms with E-state index in [0.717, 1.165) is 18.2 Å². The molecule has 0 spiro atoms. The van der Waals surface area contributed by atoms with Gasteiger partial charge in [0.05, 0.1) is 5.56 Å². The SMILES string of the molecule is Cc1cc(OC(F)(F)F)ccc1-c1noc(C(F)(F)F)c1-c1cc(F)c(S(N)(=O)=O)cc1F. The first-order chi connectivity index (χ1) is 15.0. The number of ether oxygens (including phenoxy) is 1. The number of aryl methyl sites for hydroxylation is 1. The lowest BCUT2D eigenvalue weighted by Gasteiger charge is -2.13. The molecule has 0 atom stereocenters. The molecular weight excluding hydrogens is 492 g/mol. The van der Waals surface area contributed by atoms with Crippen molar-refractivity contribution in [3.63, 3.8) is 0 Å². The van der Waals surface area contributed by atoms with Gasteiger partial charge in [0.15, 0.2) is 0 Å². The van der Waals surface area contributed by atoms with Gasteiger partial charge in [0.2, 0.25) is 15.8 Å². The van der Waals surface area contributed by atoms with Crippen LogP contribution in [-0.4, -0.2) is 19.9 Å². The van der Waals surface area contributed by atoms with E-state index >= 15 is 0 Å². The molecule has 33 heavy (non-hydrogen) atoms. The molecule has 1 aromatic heterocycles. The first-order valence-electron chi connectivity index (χ1n) is 8.45. The Kier molecular flexibility index (Phi) is 5.91. The van der Waals surface area contributed by atoms with E-state index in [0.29, 0.717) is 0 Å². The van der Waals surface area contributed by atoms with Crippen LogP contribution < -0.4 is 9.88 Å². The lowest BCUT2D eigenvalue weighted by atomic mass is 9.96. The lowest BCUT2D eigenvalue weighted by Crippen LogP contribution is -2.17. The van der Waals surface area contributed by atoms with E-state index < -0.39 is 67.4 Å². The van der Waals surface area contributed by atoms with Crippen LogP contribution in [0.4, 0.5) is 35.1 Å². The molecule has 2 N–H and O–H groups in total. The maximum Gasteiger partial charge on any atom is 0.573 e. The summed E-state index contributed by atoms with van der Waals surface area (Å²) < 4.78 is 137. The number of nitrogens with two attached hydrogens (primary N) is 1. The van der Waals surface area contributed by atoms with Crippen molar-refractivity contribution in [2.75, 3.05) is 0 Å². The topological polar surface area (TPSA) is 95.4 Å². The summed E-state index contributed by atoms with van der Waals surface area (Å²) in [6, 6.07) is 2.75. The third-order valence-electron chi connectivity index (χ3n) is 4.23. The van der Waals surface area contributed by atoms with Crippen molar-refractivity contribution in [2.45, 2.75) is 24.4 Å². The fourth-order valence-corrected chi connectivity index (χ4v) is 3.55. The van der Waals surface area contributed by atoms with Gasteiger partial charge in [0.1, 0.15) is 28.0 Å². The van der Waals surface area contributed by atoms with Crippen LogP contribution >= 0.6 is 0 Å². The summed E-state index contributed by atoms with van der Waals surface area (Å²) >= 11 is 0. The Balaban J connectivity index is 2.27. The summed E-state index contributed by atoms with van der Waals surface area (Å²) in [7, 11) is -4.75. The zero-order chi connectivity index (χ0) is 24.9. The molecule has 3 aromatic rings. The highest BCUT2D eigenvalue weighted by atomic mass is 32.2. The molecule has 0 saturated heterocycles. The summed E-state index contributed by atoms with van der Waals surface area (Å²) in [6.07, 6.45) is -10.3. The minimum atomic E-state index is -5.25. The summed E-state index contributed by atoms with van der Waals surface area (Å²) in [6.45, 7) is 1.20. The van der Waals surface area contributed by atoms with Crippen molar-refractivity contribution in [3.05, 3.63) is 53.3 Å². The Hall–Kier alpha value is -3.20. The van der Waals surface area contributed by atoms with Crippen molar-refractivity contribution in [1.29, 1.82) is 0 Å². The number of aromatic nitrogens is 1. The van der Waals surface area contributed by atoms with Gasteiger partial charge in [-0.1, -0.05) is 5.16 Å². The summed E-state index contributed by atoms with van der Waals surface area (Å²) in [5, 5.41) is 8.00. The van der Waals surface area contributed by atoms with E-state index in [4.69, 9.17) is 5.14 Å². The van der Waals surface area contributed by atoms with Gasteiger partial charge in [-0.3, -0.25) is 0 Å². The van der Waals surface area contributed by atoms with Crippen LogP contribution in [0.25, 0.3) is 22.4 Å². The van der Waals surface area contributed by atoms with Crippen molar-refractivity contribution < 1.29 is 52.8 Å². The number of rotatable bonds is 4. The summed E-state index contributed by atoms with van der Waals surface area (Å²) in [5.74, 6) is -5.81. The molecule has 1 heterocycles. The number of sulfonamides is 1. The van der Waals surface area contributed by atoms with Gasteiger partial charge < -0.3 is 9.26 Å². The second kappa shape index (κ2) is 7.98. The second-order valence-electron chi connectivity index (χ2n) is 6.57. The number of benzene rings is 2. The fraction of sp³-hybridized carbons (Fsp3) is 0.167. The minimum absolute atomic E-state index is 0.0814. The van der Waals surface area contributed by atoms with Crippen LogP contribution in [-0.2, 0) is 16.2 Å². The summed E-state index contributed by atoms with van der Waals surface area (Å²) in [4.78, 5) is -1.31. The molecule has 0 saturated carbocycles. The Labute approximate surface area is 179 Å². The quantitative estimate of drug-likeness (QED) is 0.498. The molecule has 0 aliphatic heterocycles. The molecule has 3 rings (SSSR count). The number of primary sulfonamides is 1. The van der Waals surface area contributed by atoms with Gasteiger partial charge in [0.25, 0.3) is 0 Å². The molecule has 178 valence electrons. The van der Waals surface area contributed by atoms with Gasteiger partial charge >= 0.3 is 12.5 Å². The highest BCUT2D eigenvalue weighted by molar-refractivity contribution is 7.89. The number of alkyl halides is 6. The Morgan fingerprint density at radius 1 is 0.970 bits per heavy atom. The van der Waals surface area contributed by atoms with E-state index in [-0.39, 0.29) is 23.3 Å². The average Bonchev–Trinajstić information content (AvgIpc) is 3.06. The maximum absolute atomic E-state index is 14.7. The molecule has 0 aliphatic rings. The van der Waals surface area contributed by atoms with Gasteiger partial charge in [-0.2, -0.15) is 13.2 Å². The molecule has 2 aromatic carbocycles. The lowest BCUT2D eigenvalue weighted by molar-refractivity contribution is -0.274. The molecule has 0 fully saturated rings. The second-order valence-corrected chi connectivity index (χ2v) is 8.09. The normalized spacial score (nSPS) is 12.8. The summed E-state index contributed by atoms with van der Waals surface area (Å²) in [5.41, 5.74) is -3.18. The minimum Gasteiger partial charge on any atom is -0.406 e. The van der Waals surface area contributed by atoms with Gasteiger partial charge in [-0.15, -0.1) is 13.2 Å². The first kappa shape index (κ1) is 24.4. The van der Waals surface area contributed by atoms with E-state index in [1.807, 2.05) is 0 Å². The standard InChI is InChI=1S/C18H10F8N2O4S/c1-7-4-8(31-18(24,25)26)2-3-9(7)15-14(16(32-28-15)17(21,22)23)10-5-12(20)13(6-11(10)19)33(27,29)30/h2-6H,1H3,(H2,27,29,30). The predicted molar refractivity (Wildman–Crippen MR) is 95.1 cm³/mol. The Morgan fingerprint density at radius 3 is 2.12 bits per heavy atom. The zero-order valence-corrected chi connectivity index (χ0v) is 16.8. The molecule has 15 heteroatoms. The molecule has 0 bridgehead atoms. The average molecular weight is 502 g/mol. The maximum atomic E-state index is 14.7. The number of hydrogen-bond donors (Lipinski definition) is 1. The number of hydrogen-bond acceptors (Lipinski definition) is 5. The monoisotopic (exact) mass is 502 g/mol. The Bertz CT molecular complexity index is 1330. The smallest absolute Gasteiger partial charge is 0.406 e. The van der Waals surface area contributed by atoms with E-state index in [2.05, 4.69) is 14.4 Å². The van der Waals surface area contributed by atoms with Crippen molar-refractivity contribution in [3.8, 4) is 28.1 Å². The first-order valence-corrected chi connectivity index (χ1v) is 9.99. The molecular formula is C18H10F8N2O4S. The van der Waals surface area contributed by atoms with E-state index in [1.165, 1.54) is 6.92 Å².